The quantitative estimate of drug-likeness (QED) is 0.358. The smallest absolute Gasteiger partial charge is 0.303 e. The average molecular weight is 313 g/mol. The highest BCUT2D eigenvalue weighted by molar-refractivity contribution is 5.79. The second-order valence-electron chi connectivity index (χ2n) is 5.82. The molecule has 0 aliphatic rings. The molecule has 0 aliphatic heterocycles. The topological polar surface area (TPSA) is 83.5 Å². The standard InChI is InChI=1S/C17H31NO4/c1-2-3-4-5-6-7-8-9-10-11-16(20)18-15(14-19)12-13-17(21)22/h14-15H,2-13H2,1H3,(H,18,20)(H,21,22). The van der Waals surface area contributed by atoms with Crippen molar-refractivity contribution >= 4 is 18.2 Å². The van der Waals surface area contributed by atoms with Crippen molar-refractivity contribution in [2.24, 2.45) is 0 Å². The lowest BCUT2D eigenvalue weighted by Crippen LogP contribution is -2.36. The van der Waals surface area contributed by atoms with Crippen molar-refractivity contribution in [3.05, 3.63) is 0 Å². The van der Waals surface area contributed by atoms with Gasteiger partial charge in [0.2, 0.25) is 5.91 Å². The molecule has 0 aromatic carbocycles. The van der Waals surface area contributed by atoms with Gasteiger partial charge >= 0.3 is 5.97 Å². The van der Waals surface area contributed by atoms with Gasteiger partial charge in [0.15, 0.2) is 0 Å². The second-order valence-corrected chi connectivity index (χ2v) is 5.82. The molecule has 5 nitrogen and oxygen atoms in total. The molecule has 0 aromatic rings. The van der Waals surface area contributed by atoms with Crippen LogP contribution in [0.25, 0.3) is 0 Å². The van der Waals surface area contributed by atoms with Crippen molar-refractivity contribution in [1.29, 1.82) is 0 Å². The van der Waals surface area contributed by atoms with Gasteiger partial charge in [-0.2, -0.15) is 0 Å². The van der Waals surface area contributed by atoms with E-state index < -0.39 is 12.0 Å². The summed E-state index contributed by atoms with van der Waals surface area (Å²) in [5.74, 6) is -1.12. The Hall–Kier alpha value is -1.39. The van der Waals surface area contributed by atoms with Crippen LogP contribution in [-0.4, -0.2) is 29.3 Å². The zero-order valence-corrected chi connectivity index (χ0v) is 13.8. The third-order valence-corrected chi connectivity index (χ3v) is 3.69. The van der Waals surface area contributed by atoms with E-state index in [2.05, 4.69) is 12.2 Å². The van der Waals surface area contributed by atoms with Gasteiger partial charge in [-0.25, -0.2) is 0 Å². The van der Waals surface area contributed by atoms with E-state index in [4.69, 9.17) is 5.11 Å². The Morgan fingerprint density at radius 1 is 0.955 bits per heavy atom. The van der Waals surface area contributed by atoms with Crippen LogP contribution in [0.1, 0.15) is 84.0 Å². The molecule has 128 valence electrons. The Labute approximate surface area is 133 Å². The van der Waals surface area contributed by atoms with E-state index >= 15 is 0 Å². The van der Waals surface area contributed by atoms with Crippen LogP contribution >= 0.6 is 0 Å². The fourth-order valence-corrected chi connectivity index (χ4v) is 2.33. The molecule has 1 atom stereocenters. The highest BCUT2D eigenvalue weighted by Gasteiger charge is 2.12. The predicted molar refractivity (Wildman–Crippen MR) is 86.7 cm³/mol. The van der Waals surface area contributed by atoms with Crippen LogP contribution in [0.15, 0.2) is 0 Å². The number of carboxylic acids is 1. The number of carbonyl (C=O) groups is 3. The molecule has 2 N–H and O–H groups in total. The van der Waals surface area contributed by atoms with Crippen LogP contribution in [-0.2, 0) is 14.4 Å². The average Bonchev–Trinajstić information content (AvgIpc) is 2.49. The molecule has 0 rings (SSSR count). The largest absolute Gasteiger partial charge is 0.481 e. The van der Waals surface area contributed by atoms with Crippen molar-refractivity contribution < 1.29 is 19.5 Å². The van der Waals surface area contributed by atoms with E-state index in [1.807, 2.05) is 0 Å². The first-order chi connectivity index (χ1) is 10.6. The number of rotatable bonds is 15. The summed E-state index contributed by atoms with van der Waals surface area (Å²) in [6, 6.07) is -0.679. The Balaban J connectivity index is 3.51. The number of hydrogen-bond donors (Lipinski definition) is 2. The maximum Gasteiger partial charge on any atom is 0.303 e. The molecule has 0 saturated carbocycles. The van der Waals surface area contributed by atoms with Crippen molar-refractivity contribution in [1.82, 2.24) is 5.32 Å². The summed E-state index contributed by atoms with van der Waals surface area (Å²) < 4.78 is 0. The summed E-state index contributed by atoms with van der Waals surface area (Å²) in [4.78, 5) is 32.8. The van der Waals surface area contributed by atoms with Gasteiger partial charge in [0.25, 0.3) is 0 Å². The first kappa shape index (κ1) is 20.6. The summed E-state index contributed by atoms with van der Waals surface area (Å²) in [5, 5.41) is 11.1. The molecule has 0 fully saturated rings. The molecular formula is C17H31NO4. The predicted octanol–water partition coefficient (Wildman–Crippen LogP) is 3.46. The number of aldehydes is 1. The summed E-state index contributed by atoms with van der Waals surface area (Å²) in [7, 11) is 0. The minimum absolute atomic E-state index is 0.109. The van der Waals surface area contributed by atoms with Crippen LogP contribution < -0.4 is 5.32 Å². The first-order valence-electron chi connectivity index (χ1n) is 8.56. The van der Waals surface area contributed by atoms with E-state index in [-0.39, 0.29) is 18.7 Å². The van der Waals surface area contributed by atoms with Crippen molar-refractivity contribution in [3.63, 3.8) is 0 Å². The van der Waals surface area contributed by atoms with Gasteiger partial charge in [0, 0.05) is 12.8 Å². The summed E-state index contributed by atoms with van der Waals surface area (Å²) in [6.45, 7) is 2.21. The lowest BCUT2D eigenvalue weighted by atomic mass is 10.1. The van der Waals surface area contributed by atoms with E-state index in [0.29, 0.717) is 12.7 Å². The van der Waals surface area contributed by atoms with Crippen LogP contribution in [0.4, 0.5) is 0 Å². The molecule has 0 aromatic heterocycles. The van der Waals surface area contributed by atoms with Crippen LogP contribution in [0.3, 0.4) is 0 Å². The molecule has 0 heterocycles. The summed E-state index contributed by atoms with van der Waals surface area (Å²) in [6.07, 6.45) is 11.8. The molecule has 0 bridgehead atoms. The third kappa shape index (κ3) is 13.6. The summed E-state index contributed by atoms with van der Waals surface area (Å²) in [5.41, 5.74) is 0. The Kier molecular flexibility index (Phi) is 13.6. The molecule has 0 aliphatic carbocycles. The Morgan fingerprint density at radius 2 is 1.50 bits per heavy atom. The molecule has 1 unspecified atom stereocenters. The van der Waals surface area contributed by atoms with Gasteiger partial charge in [0.1, 0.15) is 6.29 Å². The number of aliphatic carboxylic acids is 1. The molecule has 0 spiro atoms. The van der Waals surface area contributed by atoms with Gasteiger partial charge in [-0.15, -0.1) is 0 Å². The van der Waals surface area contributed by atoms with Gasteiger partial charge in [-0.1, -0.05) is 58.3 Å². The molecule has 0 saturated heterocycles. The normalized spacial score (nSPS) is 11.9. The molecule has 5 heteroatoms. The van der Waals surface area contributed by atoms with Crippen LogP contribution in [0.5, 0.6) is 0 Å². The van der Waals surface area contributed by atoms with Crippen LogP contribution in [0, 0.1) is 0 Å². The minimum atomic E-state index is -0.958. The van der Waals surface area contributed by atoms with Crippen LogP contribution in [0.2, 0.25) is 0 Å². The molecular weight excluding hydrogens is 282 g/mol. The second kappa shape index (κ2) is 14.5. The van der Waals surface area contributed by atoms with Crippen molar-refractivity contribution in [3.8, 4) is 0 Å². The summed E-state index contributed by atoms with van der Waals surface area (Å²) >= 11 is 0. The fourth-order valence-electron chi connectivity index (χ4n) is 2.33. The Morgan fingerprint density at radius 3 is 2.00 bits per heavy atom. The highest BCUT2D eigenvalue weighted by Crippen LogP contribution is 2.10. The highest BCUT2D eigenvalue weighted by atomic mass is 16.4. The maximum absolute atomic E-state index is 11.6. The molecule has 22 heavy (non-hydrogen) atoms. The lowest BCUT2D eigenvalue weighted by Gasteiger charge is -2.11. The number of carbonyl (C=O) groups excluding carboxylic acids is 2. The minimum Gasteiger partial charge on any atom is -0.481 e. The number of amides is 1. The number of hydrogen-bond acceptors (Lipinski definition) is 3. The number of nitrogens with one attached hydrogen (secondary N) is 1. The number of carboxylic acid groups (broad SMARTS) is 1. The first-order valence-corrected chi connectivity index (χ1v) is 8.56. The Bertz CT molecular complexity index is 318. The van der Waals surface area contributed by atoms with E-state index in [0.717, 1.165) is 19.3 Å². The fraction of sp³-hybridized carbons (Fsp3) is 0.824. The van der Waals surface area contributed by atoms with Gasteiger partial charge in [0.05, 0.1) is 6.04 Å². The van der Waals surface area contributed by atoms with Gasteiger partial charge < -0.3 is 15.2 Å². The zero-order chi connectivity index (χ0) is 16.6. The van der Waals surface area contributed by atoms with E-state index in [1.165, 1.54) is 38.5 Å². The number of unbranched alkanes of at least 4 members (excludes halogenated alkanes) is 8. The third-order valence-electron chi connectivity index (χ3n) is 3.69. The molecule has 0 radical (unpaired) electrons. The van der Waals surface area contributed by atoms with E-state index in [9.17, 15) is 14.4 Å². The zero-order valence-electron chi connectivity index (χ0n) is 13.8. The SMILES string of the molecule is CCCCCCCCCCCC(=O)NC(C=O)CCC(=O)O. The maximum atomic E-state index is 11.6. The van der Waals surface area contributed by atoms with Gasteiger partial charge in [-0.05, 0) is 12.8 Å². The lowest BCUT2D eigenvalue weighted by molar-refractivity contribution is -0.137. The monoisotopic (exact) mass is 313 g/mol. The van der Waals surface area contributed by atoms with Gasteiger partial charge in [-0.3, -0.25) is 9.59 Å². The molecule has 1 amide bonds. The van der Waals surface area contributed by atoms with Crippen molar-refractivity contribution in [2.45, 2.75) is 90.0 Å². The van der Waals surface area contributed by atoms with E-state index in [1.54, 1.807) is 0 Å². The van der Waals surface area contributed by atoms with Crippen molar-refractivity contribution in [2.75, 3.05) is 0 Å².